The number of carboxylic acid groups (broad SMARTS) is 3. The number of carboxylic acids is 3. The van der Waals surface area contributed by atoms with Crippen LogP contribution in [0.15, 0.2) is 48.5 Å². The van der Waals surface area contributed by atoms with Crippen molar-refractivity contribution in [3.63, 3.8) is 0 Å². The van der Waals surface area contributed by atoms with Gasteiger partial charge >= 0.3 is 17.9 Å². The van der Waals surface area contributed by atoms with Crippen molar-refractivity contribution in [3.8, 4) is 0 Å². The fraction of sp³-hybridized carbons (Fsp3) is 0.450. The smallest absolute Gasteiger partial charge is 0.335 e. The Kier molecular flexibility index (Phi) is 19.6. The summed E-state index contributed by atoms with van der Waals surface area (Å²) in [6.45, 7) is 7.38. The van der Waals surface area contributed by atoms with Crippen LogP contribution in [0.5, 0.6) is 0 Å². The third kappa shape index (κ3) is 16.3. The summed E-state index contributed by atoms with van der Waals surface area (Å²) in [6.07, 6.45) is -3.19. The first-order valence-electron chi connectivity index (χ1n) is 19.3. The second-order valence-corrected chi connectivity index (χ2v) is 15.2. The Morgan fingerprint density at radius 2 is 1.18 bits per heavy atom. The van der Waals surface area contributed by atoms with Gasteiger partial charge in [0.15, 0.2) is 6.10 Å². The summed E-state index contributed by atoms with van der Waals surface area (Å²) in [7, 11) is 0. The van der Waals surface area contributed by atoms with E-state index in [1.165, 1.54) is 6.92 Å². The molecule has 0 bridgehead atoms. The van der Waals surface area contributed by atoms with E-state index in [1.807, 2.05) is 0 Å². The SMILES string of the molecule is CC(C)C[C@H](NC(=O)[C@@H](NC(=O)[C@@H](N)CNC(=O)c1cc(C(=O)O)cc(C(=O)O)c1)C(C)C)C(=O)N[C@@H](Cc1ccccc1)[C@@H](O)C(=O)N[C@@H](CC(=O)O)C(=O)N[C@@H](C)C(N)=O. The minimum absolute atomic E-state index is 0.0216. The van der Waals surface area contributed by atoms with Gasteiger partial charge in [0.1, 0.15) is 30.2 Å². The number of carbonyl (C=O) groups is 10. The molecule has 0 heterocycles. The first kappa shape index (κ1) is 51.2. The molecule has 0 aliphatic rings. The zero-order valence-corrected chi connectivity index (χ0v) is 34.7. The molecule has 0 saturated carbocycles. The maximum atomic E-state index is 13.9. The van der Waals surface area contributed by atoms with Crippen molar-refractivity contribution in [1.82, 2.24) is 31.9 Å². The van der Waals surface area contributed by atoms with E-state index in [9.17, 15) is 68.4 Å². The van der Waals surface area contributed by atoms with E-state index in [4.69, 9.17) is 11.5 Å². The highest BCUT2D eigenvalue weighted by molar-refractivity contribution is 6.02. The number of hydrogen-bond donors (Lipinski definition) is 12. The molecule has 0 radical (unpaired) electrons. The number of aliphatic carboxylic acids is 1. The van der Waals surface area contributed by atoms with Crippen LogP contribution in [0, 0.1) is 11.8 Å². The van der Waals surface area contributed by atoms with Crippen molar-refractivity contribution in [2.45, 2.75) is 96.2 Å². The lowest BCUT2D eigenvalue weighted by molar-refractivity contribution is -0.142. The maximum absolute atomic E-state index is 13.9. The van der Waals surface area contributed by atoms with Gasteiger partial charge < -0.3 is 63.8 Å². The molecule has 2 aromatic carbocycles. The van der Waals surface area contributed by atoms with Crippen LogP contribution in [-0.2, 0) is 40.0 Å². The highest BCUT2D eigenvalue weighted by Crippen LogP contribution is 2.14. The molecule has 22 nitrogen and oxygen atoms in total. The number of benzene rings is 2. The fourth-order valence-electron chi connectivity index (χ4n) is 5.76. The van der Waals surface area contributed by atoms with Crippen LogP contribution in [0.1, 0.15) is 84.1 Å². The van der Waals surface area contributed by atoms with Gasteiger partial charge in [0.05, 0.1) is 23.6 Å². The predicted molar refractivity (Wildman–Crippen MR) is 218 cm³/mol. The molecule has 0 saturated heterocycles. The first-order valence-corrected chi connectivity index (χ1v) is 19.3. The molecule has 338 valence electrons. The molecule has 0 unspecified atom stereocenters. The van der Waals surface area contributed by atoms with E-state index in [0.717, 1.165) is 18.2 Å². The number of nitrogens with one attached hydrogen (secondary N) is 6. The maximum Gasteiger partial charge on any atom is 0.335 e. The summed E-state index contributed by atoms with van der Waals surface area (Å²) in [5, 5.41) is 53.6. The summed E-state index contributed by atoms with van der Waals surface area (Å²) in [5.41, 5.74) is 10.4. The lowest BCUT2D eigenvalue weighted by atomic mass is 9.97. The standard InChI is InChI=1S/C40H54N8O14/c1-18(2)11-27(46-37(57)30(19(3)4)48-34(54)25(41)17-43-33(53)22-13-23(39(59)60)15-24(14-22)40(61)62)36(56)45-26(12-21-9-7-6-8-10-21)31(51)38(58)47-28(16-29(49)50)35(55)44-20(5)32(42)52/h6-10,13-15,18-20,25-28,30-31,51H,11-12,16-17,41H2,1-5H3,(H2,42,52)(H,43,53)(H,44,55)(H,45,56)(H,46,57)(H,47,58)(H,48,54)(H,49,50)(H,59,60)(H,61,62)/t20-,25-,26-,27-,28-,30-,31+/m0/s1. The van der Waals surface area contributed by atoms with Crippen molar-refractivity contribution in [3.05, 3.63) is 70.8 Å². The van der Waals surface area contributed by atoms with Crippen LogP contribution in [0.2, 0.25) is 0 Å². The van der Waals surface area contributed by atoms with Gasteiger partial charge in [-0.3, -0.25) is 38.4 Å². The highest BCUT2D eigenvalue weighted by Gasteiger charge is 2.36. The molecule has 14 N–H and O–H groups in total. The Hall–Kier alpha value is -6.94. The topological polar surface area (TPSA) is 376 Å². The first-order chi connectivity index (χ1) is 28.9. The molecule has 0 aliphatic heterocycles. The van der Waals surface area contributed by atoms with Crippen molar-refractivity contribution < 1.29 is 68.4 Å². The summed E-state index contributed by atoms with van der Waals surface area (Å²) in [5.74, 6) is -12.1. The normalized spacial score (nSPS) is 14.4. The minimum atomic E-state index is -2.10. The molecular formula is C40H54N8O14. The molecule has 2 rings (SSSR count). The fourth-order valence-corrected chi connectivity index (χ4v) is 5.76. The molecular weight excluding hydrogens is 816 g/mol. The Balaban J connectivity index is 2.28. The molecule has 7 amide bonds. The van der Waals surface area contributed by atoms with Gasteiger partial charge in [-0.15, -0.1) is 0 Å². The summed E-state index contributed by atoms with van der Waals surface area (Å²) < 4.78 is 0. The van der Waals surface area contributed by atoms with Crippen LogP contribution in [0.3, 0.4) is 0 Å². The lowest BCUT2D eigenvalue weighted by Gasteiger charge is -2.30. The number of primary amides is 1. The monoisotopic (exact) mass is 870 g/mol. The molecule has 7 atom stereocenters. The van der Waals surface area contributed by atoms with Crippen LogP contribution in [0.25, 0.3) is 0 Å². The average Bonchev–Trinajstić information content (AvgIpc) is 3.19. The Morgan fingerprint density at radius 1 is 0.645 bits per heavy atom. The van der Waals surface area contributed by atoms with Crippen LogP contribution in [0.4, 0.5) is 0 Å². The quantitative estimate of drug-likeness (QED) is 0.0535. The van der Waals surface area contributed by atoms with Gasteiger partial charge in [-0.2, -0.15) is 0 Å². The number of carbonyl (C=O) groups excluding carboxylic acids is 7. The van der Waals surface area contributed by atoms with E-state index in [2.05, 4.69) is 31.9 Å². The number of amides is 7. The van der Waals surface area contributed by atoms with E-state index < -0.39 is 132 Å². The lowest BCUT2D eigenvalue weighted by Crippen LogP contribution is -2.61. The number of aliphatic hydroxyl groups is 1. The van der Waals surface area contributed by atoms with E-state index in [-0.39, 0.29) is 24.3 Å². The van der Waals surface area contributed by atoms with Gasteiger partial charge in [-0.25, -0.2) is 9.59 Å². The zero-order valence-electron chi connectivity index (χ0n) is 34.7. The zero-order chi connectivity index (χ0) is 47.0. The van der Waals surface area contributed by atoms with Crippen LogP contribution >= 0.6 is 0 Å². The molecule has 2 aromatic rings. The van der Waals surface area contributed by atoms with Crippen LogP contribution in [-0.4, -0.2) is 129 Å². The van der Waals surface area contributed by atoms with Crippen molar-refractivity contribution in [2.75, 3.05) is 6.54 Å². The Labute approximate surface area is 355 Å². The van der Waals surface area contributed by atoms with Gasteiger partial charge in [-0.1, -0.05) is 58.0 Å². The number of rotatable bonds is 24. The summed E-state index contributed by atoms with van der Waals surface area (Å²) in [4.78, 5) is 126. The molecule has 0 fully saturated rings. The number of aromatic carboxylic acids is 2. The second kappa shape index (κ2) is 23.7. The summed E-state index contributed by atoms with van der Waals surface area (Å²) >= 11 is 0. The highest BCUT2D eigenvalue weighted by atomic mass is 16.4. The van der Waals surface area contributed by atoms with Crippen LogP contribution < -0.4 is 43.4 Å². The van der Waals surface area contributed by atoms with Crippen molar-refractivity contribution in [1.29, 1.82) is 0 Å². The molecule has 22 heteroatoms. The molecule has 0 aliphatic carbocycles. The van der Waals surface area contributed by atoms with Gasteiger partial charge in [0.25, 0.3) is 11.8 Å². The van der Waals surface area contributed by atoms with Crippen molar-refractivity contribution >= 4 is 59.3 Å². The Bertz CT molecular complexity index is 1960. The average molecular weight is 871 g/mol. The van der Waals surface area contributed by atoms with E-state index in [1.54, 1.807) is 58.0 Å². The van der Waals surface area contributed by atoms with Gasteiger partial charge in [0, 0.05) is 12.1 Å². The van der Waals surface area contributed by atoms with Gasteiger partial charge in [0.2, 0.25) is 29.5 Å². The predicted octanol–water partition coefficient (Wildman–Crippen LogP) is -2.15. The number of nitrogens with two attached hydrogens (primary N) is 2. The minimum Gasteiger partial charge on any atom is -0.481 e. The Morgan fingerprint density at radius 3 is 1.68 bits per heavy atom. The summed E-state index contributed by atoms with van der Waals surface area (Å²) in [6, 6.07) is 2.51. The molecule has 62 heavy (non-hydrogen) atoms. The second-order valence-electron chi connectivity index (χ2n) is 15.2. The van der Waals surface area contributed by atoms with Crippen molar-refractivity contribution in [2.24, 2.45) is 23.3 Å². The van der Waals surface area contributed by atoms with E-state index in [0.29, 0.717) is 5.56 Å². The van der Waals surface area contributed by atoms with E-state index >= 15 is 0 Å². The largest absolute Gasteiger partial charge is 0.481 e. The number of hydrogen-bond acceptors (Lipinski definition) is 12. The van der Waals surface area contributed by atoms with Gasteiger partial charge in [-0.05, 0) is 55.4 Å². The third-order valence-electron chi connectivity index (χ3n) is 9.17. The molecule has 0 aromatic heterocycles. The molecule has 0 spiro atoms. The number of aliphatic hydroxyl groups excluding tert-OH is 1. The third-order valence-corrected chi connectivity index (χ3v) is 9.17.